The Morgan fingerprint density at radius 1 is 1.14 bits per heavy atom. The maximum Gasteiger partial charge on any atom is 0.169 e. The first kappa shape index (κ1) is 13.2. The summed E-state index contributed by atoms with van der Waals surface area (Å²) in [6.45, 7) is 1.07. The van der Waals surface area contributed by atoms with E-state index in [1.165, 1.54) is 23.1 Å². The van der Waals surface area contributed by atoms with Gasteiger partial charge in [0.1, 0.15) is 0 Å². The van der Waals surface area contributed by atoms with Crippen molar-refractivity contribution < 1.29 is 0 Å². The van der Waals surface area contributed by atoms with Gasteiger partial charge in [-0.3, -0.25) is 0 Å². The third-order valence-electron chi connectivity index (χ3n) is 3.96. The summed E-state index contributed by atoms with van der Waals surface area (Å²) in [6, 6.07) is 14.5. The Bertz CT molecular complexity index is 810. The van der Waals surface area contributed by atoms with E-state index in [-0.39, 0.29) is 0 Å². The molecule has 0 unspecified atom stereocenters. The highest BCUT2D eigenvalue weighted by atomic mass is 35.5. The number of imidazole rings is 1. The number of hydrogen-bond acceptors (Lipinski definition) is 2. The molecule has 0 fully saturated rings. The zero-order valence-electron chi connectivity index (χ0n) is 11.6. The average Bonchev–Trinajstić information content (AvgIpc) is 2.87. The van der Waals surface area contributed by atoms with Crippen LogP contribution < -0.4 is 0 Å². The number of thioether (sulfide) groups is 1. The van der Waals surface area contributed by atoms with Gasteiger partial charge in [0.15, 0.2) is 5.16 Å². The van der Waals surface area contributed by atoms with Crippen LogP contribution in [0.25, 0.3) is 11.0 Å². The van der Waals surface area contributed by atoms with Gasteiger partial charge >= 0.3 is 0 Å². The monoisotopic (exact) mass is 314 g/mol. The van der Waals surface area contributed by atoms with Crippen molar-refractivity contribution >= 4 is 34.4 Å². The molecule has 0 amide bonds. The largest absolute Gasteiger partial charge is 0.319 e. The number of halogens is 1. The Balaban J connectivity index is 1.69. The van der Waals surface area contributed by atoms with Gasteiger partial charge in [-0.15, -0.1) is 0 Å². The summed E-state index contributed by atoms with van der Waals surface area (Å²) in [6.07, 6.45) is 2.36. The molecule has 4 heteroatoms. The molecule has 2 nitrogen and oxygen atoms in total. The molecule has 0 atom stereocenters. The van der Waals surface area contributed by atoms with Gasteiger partial charge in [-0.2, -0.15) is 0 Å². The first-order valence-corrected chi connectivity index (χ1v) is 8.53. The Labute approximate surface area is 133 Å². The van der Waals surface area contributed by atoms with Crippen LogP contribution in [0.2, 0.25) is 5.02 Å². The van der Waals surface area contributed by atoms with Crippen LogP contribution >= 0.6 is 23.4 Å². The lowest BCUT2D eigenvalue weighted by atomic mass is 10.1. The van der Waals surface area contributed by atoms with E-state index in [1.807, 2.05) is 18.2 Å². The minimum atomic E-state index is 0.834. The van der Waals surface area contributed by atoms with Crippen molar-refractivity contribution in [3.63, 3.8) is 0 Å². The number of aromatic nitrogens is 2. The molecule has 21 heavy (non-hydrogen) atoms. The molecule has 0 bridgehead atoms. The molecule has 1 aliphatic heterocycles. The van der Waals surface area contributed by atoms with Gasteiger partial charge in [0, 0.05) is 17.3 Å². The third-order valence-corrected chi connectivity index (χ3v) is 5.35. The van der Waals surface area contributed by atoms with E-state index in [1.54, 1.807) is 11.8 Å². The van der Waals surface area contributed by atoms with Crippen molar-refractivity contribution in [2.45, 2.75) is 30.3 Å². The van der Waals surface area contributed by atoms with Crippen molar-refractivity contribution in [2.24, 2.45) is 0 Å². The SMILES string of the molecule is Clc1ccccc1CSc1nc2cccc3c2n1CCC3. The van der Waals surface area contributed by atoms with Crippen LogP contribution in [0.5, 0.6) is 0 Å². The van der Waals surface area contributed by atoms with Crippen LogP contribution in [0, 0.1) is 0 Å². The highest BCUT2D eigenvalue weighted by Gasteiger charge is 2.18. The number of hydrogen-bond donors (Lipinski definition) is 0. The van der Waals surface area contributed by atoms with Gasteiger partial charge in [-0.05, 0) is 36.1 Å². The molecular weight excluding hydrogens is 300 g/mol. The standard InChI is InChI=1S/C17H15ClN2S/c18-14-8-2-1-5-13(14)11-21-17-19-15-9-3-6-12-7-4-10-20(17)16(12)15/h1-3,5-6,8-9H,4,7,10-11H2. The molecule has 0 N–H and O–H groups in total. The quantitative estimate of drug-likeness (QED) is 0.638. The number of rotatable bonds is 3. The first-order valence-electron chi connectivity index (χ1n) is 7.17. The van der Waals surface area contributed by atoms with Crippen LogP contribution in [0.15, 0.2) is 47.6 Å². The molecule has 0 saturated heterocycles. The number of aryl methyl sites for hydroxylation is 2. The summed E-state index contributed by atoms with van der Waals surface area (Å²) in [4.78, 5) is 4.81. The molecular formula is C17H15ClN2S. The van der Waals surface area contributed by atoms with Crippen LogP contribution in [-0.2, 0) is 18.7 Å². The lowest BCUT2D eigenvalue weighted by Crippen LogP contribution is -2.08. The van der Waals surface area contributed by atoms with Gasteiger partial charge in [0.25, 0.3) is 0 Å². The van der Waals surface area contributed by atoms with Gasteiger partial charge < -0.3 is 4.57 Å². The fourth-order valence-corrected chi connectivity index (χ4v) is 4.26. The van der Waals surface area contributed by atoms with Crippen LogP contribution in [-0.4, -0.2) is 9.55 Å². The van der Waals surface area contributed by atoms with Crippen molar-refractivity contribution in [3.05, 3.63) is 58.6 Å². The predicted molar refractivity (Wildman–Crippen MR) is 89.1 cm³/mol. The van der Waals surface area contributed by atoms with Gasteiger partial charge in [-0.1, -0.05) is 53.7 Å². The van der Waals surface area contributed by atoms with Gasteiger partial charge in [0.2, 0.25) is 0 Å². The first-order chi connectivity index (χ1) is 10.3. The van der Waals surface area contributed by atoms with Crippen molar-refractivity contribution in [2.75, 3.05) is 0 Å². The Hall–Kier alpha value is -1.45. The van der Waals surface area contributed by atoms with Crippen molar-refractivity contribution in [1.82, 2.24) is 9.55 Å². The normalized spacial score (nSPS) is 13.8. The smallest absolute Gasteiger partial charge is 0.169 e. The zero-order valence-corrected chi connectivity index (χ0v) is 13.1. The lowest BCUT2D eigenvalue weighted by Gasteiger charge is -2.16. The van der Waals surface area contributed by atoms with E-state index >= 15 is 0 Å². The highest BCUT2D eigenvalue weighted by Crippen LogP contribution is 2.33. The van der Waals surface area contributed by atoms with Crippen LogP contribution in [0.4, 0.5) is 0 Å². The molecule has 4 rings (SSSR count). The van der Waals surface area contributed by atoms with Crippen molar-refractivity contribution in [3.8, 4) is 0 Å². The number of benzene rings is 2. The van der Waals surface area contributed by atoms with Crippen LogP contribution in [0.3, 0.4) is 0 Å². The maximum atomic E-state index is 6.24. The molecule has 0 spiro atoms. The number of para-hydroxylation sites is 1. The van der Waals surface area contributed by atoms with E-state index in [9.17, 15) is 0 Å². The second-order valence-electron chi connectivity index (χ2n) is 5.31. The third kappa shape index (κ3) is 2.34. The van der Waals surface area contributed by atoms with E-state index in [2.05, 4.69) is 28.8 Å². The zero-order chi connectivity index (χ0) is 14.2. The van der Waals surface area contributed by atoms with Gasteiger partial charge in [-0.25, -0.2) is 4.98 Å². The summed E-state index contributed by atoms with van der Waals surface area (Å²) in [5, 5.41) is 1.94. The second kappa shape index (κ2) is 5.39. The van der Waals surface area contributed by atoms with E-state index in [4.69, 9.17) is 16.6 Å². The molecule has 0 radical (unpaired) electrons. The predicted octanol–water partition coefficient (Wildman–Crippen LogP) is 4.93. The van der Waals surface area contributed by atoms with E-state index < -0.39 is 0 Å². The average molecular weight is 315 g/mol. The molecule has 1 aromatic heterocycles. The van der Waals surface area contributed by atoms with Gasteiger partial charge in [0.05, 0.1) is 11.0 Å². The molecule has 106 valence electrons. The topological polar surface area (TPSA) is 17.8 Å². The van der Waals surface area contributed by atoms with Crippen LogP contribution in [0.1, 0.15) is 17.5 Å². The second-order valence-corrected chi connectivity index (χ2v) is 6.66. The Morgan fingerprint density at radius 3 is 2.95 bits per heavy atom. The Morgan fingerprint density at radius 2 is 2.05 bits per heavy atom. The fourth-order valence-electron chi connectivity index (χ4n) is 2.94. The highest BCUT2D eigenvalue weighted by molar-refractivity contribution is 7.98. The fraction of sp³-hybridized carbons (Fsp3) is 0.235. The summed E-state index contributed by atoms with van der Waals surface area (Å²) < 4.78 is 2.37. The maximum absolute atomic E-state index is 6.24. The molecule has 3 aromatic rings. The minimum absolute atomic E-state index is 0.834. The molecule has 2 aromatic carbocycles. The summed E-state index contributed by atoms with van der Waals surface area (Å²) in [5.41, 5.74) is 5.04. The molecule has 0 saturated carbocycles. The summed E-state index contributed by atoms with van der Waals surface area (Å²) in [5.74, 6) is 0.859. The van der Waals surface area contributed by atoms with E-state index in [0.29, 0.717) is 0 Å². The lowest BCUT2D eigenvalue weighted by molar-refractivity contribution is 0.588. The number of nitrogens with zero attached hydrogens (tertiary/aromatic N) is 2. The minimum Gasteiger partial charge on any atom is -0.319 e. The van der Waals surface area contributed by atoms with E-state index in [0.717, 1.165) is 34.4 Å². The molecule has 2 heterocycles. The Kier molecular flexibility index (Phi) is 3.40. The molecule has 0 aliphatic carbocycles. The van der Waals surface area contributed by atoms with Crippen molar-refractivity contribution in [1.29, 1.82) is 0 Å². The summed E-state index contributed by atoms with van der Waals surface area (Å²) >= 11 is 8.01. The summed E-state index contributed by atoms with van der Waals surface area (Å²) in [7, 11) is 0. The molecule has 1 aliphatic rings.